The van der Waals surface area contributed by atoms with Crippen molar-refractivity contribution in [2.24, 2.45) is 17.8 Å². The van der Waals surface area contributed by atoms with E-state index in [1.165, 1.54) is 0 Å². The summed E-state index contributed by atoms with van der Waals surface area (Å²) in [6.45, 7) is 0. The molecule has 9 unspecified atom stereocenters. The monoisotopic (exact) mass is 504 g/mol. The topological polar surface area (TPSA) is 116 Å². The third-order valence-electron chi connectivity index (χ3n) is 9.44. The Morgan fingerprint density at radius 2 is 0.722 bits per heavy atom. The molecule has 198 valence electrons. The van der Waals surface area contributed by atoms with Crippen molar-refractivity contribution in [3.05, 3.63) is 0 Å². The van der Waals surface area contributed by atoms with Crippen LogP contribution in [0.5, 0.6) is 0 Å². The van der Waals surface area contributed by atoms with Crippen LogP contribution in [0, 0.1) is 17.8 Å². The van der Waals surface area contributed by atoms with E-state index in [9.17, 15) is 14.4 Å². The van der Waals surface area contributed by atoms with E-state index >= 15 is 0 Å². The van der Waals surface area contributed by atoms with Gasteiger partial charge in [-0.25, -0.2) is 0 Å². The predicted molar refractivity (Wildman–Crippen MR) is 121 cm³/mol. The van der Waals surface area contributed by atoms with Gasteiger partial charge in [-0.3, -0.25) is 14.4 Å². The lowest BCUT2D eigenvalue weighted by atomic mass is 9.87. The lowest BCUT2D eigenvalue weighted by Crippen LogP contribution is -2.42. The van der Waals surface area contributed by atoms with Crippen molar-refractivity contribution in [3.63, 3.8) is 0 Å². The molecule has 7 aliphatic rings. The smallest absolute Gasteiger partial charge is 0.309 e. The molecule has 3 heterocycles. The molecule has 7 fully saturated rings. The Bertz CT molecular complexity index is 786. The molecule has 0 N–H and O–H groups in total. The fraction of sp³-hybridized carbons (Fsp3) is 0.889. The SMILES string of the molecule is O=C(OC1CC(OC(=O)C2CCC3OC3C2)CC(OC(=O)C2CCC3OC3C2)C1)C1CCC2OC2C1. The number of ether oxygens (including phenoxy) is 6. The van der Waals surface area contributed by atoms with Crippen LogP contribution in [0.4, 0.5) is 0 Å². The molecule has 0 aromatic heterocycles. The summed E-state index contributed by atoms with van der Waals surface area (Å²) >= 11 is 0. The van der Waals surface area contributed by atoms with Gasteiger partial charge in [0.2, 0.25) is 0 Å². The first kappa shape index (κ1) is 23.4. The summed E-state index contributed by atoms with van der Waals surface area (Å²) in [5.74, 6) is -1.08. The fourth-order valence-electron chi connectivity index (χ4n) is 7.09. The maximum Gasteiger partial charge on any atom is 0.309 e. The van der Waals surface area contributed by atoms with Crippen LogP contribution in [0.15, 0.2) is 0 Å². The summed E-state index contributed by atoms with van der Waals surface area (Å²) < 4.78 is 34.5. The van der Waals surface area contributed by atoms with Crippen molar-refractivity contribution < 1.29 is 42.8 Å². The Hall–Kier alpha value is -1.71. The summed E-state index contributed by atoms with van der Waals surface area (Å²) in [4.78, 5) is 38.8. The molecule has 4 saturated carbocycles. The second-order valence-electron chi connectivity index (χ2n) is 12.1. The Kier molecular flexibility index (Phi) is 6.01. The molecular formula is C27H36O9. The van der Waals surface area contributed by atoms with Gasteiger partial charge in [-0.15, -0.1) is 0 Å². The molecule has 0 bridgehead atoms. The van der Waals surface area contributed by atoms with Gasteiger partial charge in [0.15, 0.2) is 0 Å². The van der Waals surface area contributed by atoms with E-state index in [0.29, 0.717) is 56.8 Å². The Balaban J connectivity index is 0.980. The minimum atomic E-state index is -0.440. The van der Waals surface area contributed by atoms with Crippen LogP contribution < -0.4 is 0 Å². The van der Waals surface area contributed by atoms with Gasteiger partial charge >= 0.3 is 17.9 Å². The number of carbonyl (C=O) groups excluding carboxylic acids is 3. The number of epoxide rings is 3. The van der Waals surface area contributed by atoms with Crippen LogP contribution in [0.25, 0.3) is 0 Å². The van der Waals surface area contributed by atoms with Gasteiger partial charge in [0.05, 0.1) is 54.4 Å². The van der Waals surface area contributed by atoms with Crippen molar-refractivity contribution >= 4 is 17.9 Å². The second-order valence-corrected chi connectivity index (χ2v) is 12.1. The lowest BCUT2D eigenvalue weighted by Gasteiger charge is -2.36. The second kappa shape index (κ2) is 9.24. The van der Waals surface area contributed by atoms with Crippen molar-refractivity contribution in [1.82, 2.24) is 0 Å². The van der Waals surface area contributed by atoms with Gasteiger partial charge in [0.25, 0.3) is 0 Å². The number of carbonyl (C=O) groups is 3. The first-order valence-corrected chi connectivity index (χ1v) is 14.1. The minimum Gasteiger partial charge on any atom is -0.462 e. The molecule has 0 amide bonds. The molecular weight excluding hydrogens is 468 g/mol. The zero-order valence-corrected chi connectivity index (χ0v) is 20.6. The summed E-state index contributed by atoms with van der Waals surface area (Å²) in [5.41, 5.74) is 0. The molecule has 9 nitrogen and oxygen atoms in total. The van der Waals surface area contributed by atoms with Gasteiger partial charge in [0, 0.05) is 19.3 Å². The van der Waals surface area contributed by atoms with Crippen molar-refractivity contribution in [2.45, 2.75) is 132 Å². The minimum absolute atomic E-state index is 0.153. The standard InChI is InChI=1S/C27H36O9/c28-25(13-1-4-19-22(7-13)34-19)31-16-10-17(32-26(29)14-2-5-20-23(8-14)35-20)12-18(11-16)33-27(30)15-3-6-21-24(9-15)36-21/h13-24H,1-12H2. The van der Waals surface area contributed by atoms with Crippen molar-refractivity contribution in [2.75, 3.05) is 0 Å². The zero-order chi connectivity index (χ0) is 24.4. The van der Waals surface area contributed by atoms with Crippen molar-refractivity contribution in [3.8, 4) is 0 Å². The zero-order valence-electron chi connectivity index (χ0n) is 20.6. The Morgan fingerprint density at radius 1 is 0.417 bits per heavy atom. The van der Waals surface area contributed by atoms with E-state index in [2.05, 4.69) is 0 Å². The van der Waals surface area contributed by atoms with Crippen LogP contribution >= 0.6 is 0 Å². The molecule has 4 aliphatic carbocycles. The highest BCUT2D eigenvalue weighted by atomic mass is 16.6. The number of hydrogen-bond acceptors (Lipinski definition) is 9. The Labute approximate surface area is 210 Å². The van der Waals surface area contributed by atoms with Crippen LogP contribution in [-0.4, -0.2) is 72.8 Å². The molecule has 9 heteroatoms. The molecule has 36 heavy (non-hydrogen) atoms. The van der Waals surface area contributed by atoms with Gasteiger partial charge in [0.1, 0.15) is 18.3 Å². The van der Waals surface area contributed by atoms with Crippen LogP contribution in [0.2, 0.25) is 0 Å². The Morgan fingerprint density at radius 3 is 1.00 bits per heavy atom. The molecule has 9 atom stereocenters. The van der Waals surface area contributed by atoms with E-state index in [-0.39, 0.29) is 54.0 Å². The highest BCUT2D eigenvalue weighted by molar-refractivity contribution is 5.74. The van der Waals surface area contributed by atoms with E-state index in [1.807, 2.05) is 0 Å². The highest BCUT2D eigenvalue weighted by Crippen LogP contribution is 2.43. The summed E-state index contributed by atoms with van der Waals surface area (Å²) in [5, 5.41) is 0. The predicted octanol–water partition coefficient (Wildman–Crippen LogP) is 2.61. The molecule has 0 aromatic rings. The number of rotatable bonds is 6. The molecule has 0 radical (unpaired) electrons. The highest BCUT2D eigenvalue weighted by Gasteiger charge is 2.49. The molecule has 0 aromatic carbocycles. The number of fused-ring (bicyclic) bond motifs is 3. The number of esters is 3. The third-order valence-corrected chi connectivity index (χ3v) is 9.44. The van der Waals surface area contributed by atoms with Gasteiger partial charge in [-0.1, -0.05) is 0 Å². The van der Waals surface area contributed by atoms with E-state index in [0.717, 1.165) is 38.5 Å². The summed E-state index contributed by atoms with van der Waals surface area (Å²) in [7, 11) is 0. The van der Waals surface area contributed by atoms with Crippen LogP contribution in [0.1, 0.15) is 77.0 Å². The van der Waals surface area contributed by atoms with Crippen molar-refractivity contribution in [1.29, 1.82) is 0 Å². The molecule has 0 spiro atoms. The van der Waals surface area contributed by atoms with Crippen LogP contribution in [0.3, 0.4) is 0 Å². The molecule has 3 saturated heterocycles. The average molecular weight is 505 g/mol. The van der Waals surface area contributed by atoms with Crippen LogP contribution in [-0.2, 0) is 42.8 Å². The van der Waals surface area contributed by atoms with Gasteiger partial charge in [-0.2, -0.15) is 0 Å². The van der Waals surface area contributed by atoms with Gasteiger partial charge < -0.3 is 28.4 Å². The van der Waals surface area contributed by atoms with E-state index in [4.69, 9.17) is 28.4 Å². The van der Waals surface area contributed by atoms with Gasteiger partial charge in [-0.05, 0) is 57.8 Å². The fourth-order valence-corrected chi connectivity index (χ4v) is 7.09. The molecule has 7 rings (SSSR count). The van der Waals surface area contributed by atoms with E-state index < -0.39 is 18.3 Å². The summed E-state index contributed by atoms with van der Waals surface area (Å²) in [6.07, 6.45) is 8.73. The molecule has 3 aliphatic heterocycles. The maximum atomic E-state index is 12.9. The lowest BCUT2D eigenvalue weighted by molar-refractivity contribution is -0.176. The maximum absolute atomic E-state index is 12.9. The largest absolute Gasteiger partial charge is 0.462 e. The average Bonchev–Trinajstić information content (AvgIpc) is 3.75. The number of hydrogen-bond donors (Lipinski definition) is 0. The summed E-state index contributed by atoms with van der Waals surface area (Å²) in [6, 6.07) is 0. The third kappa shape index (κ3) is 5.03. The first-order valence-electron chi connectivity index (χ1n) is 14.1. The quantitative estimate of drug-likeness (QED) is 0.306. The normalized spacial score (nSPS) is 48.3. The van der Waals surface area contributed by atoms with E-state index in [1.54, 1.807) is 0 Å². The first-order chi connectivity index (χ1) is 17.5.